The van der Waals surface area contributed by atoms with E-state index < -0.39 is 0 Å². The normalized spacial score (nSPS) is 25.7. The molecule has 0 aromatic carbocycles. The maximum atomic E-state index is 3.76. The number of hydrogen-bond acceptors (Lipinski definition) is 2. The van der Waals surface area contributed by atoms with E-state index >= 15 is 0 Å². The molecular weight excluding hydrogens is 220 g/mol. The van der Waals surface area contributed by atoms with Crippen molar-refractivity contribution in [2.45, 2.75) is 60.3 Å². The van der Waals surface area contributed by atoms with E-state index in [1.165, 1.54) is 45.3 Å². The maximum Gasteiger partial charge on any atom is 0.00202 e. The monoisotopic (exact) mass is 254 g/mol. The predicted molar refractivity (Wildman–Crippen MR) is 80.9 cm³/mol. The molecule has 1 saturated heterocycles. The van der Waals surface area contributed by atoms with Crippen molar-refractivity contribution in [3.63, 3.8) is 0 Å². The summed E-state index contributed by atoms with van der Waals surface area (Å²) in [6.45, 7) is 16.4. The summed E-state index contributed by atoms with van der Waals surface area (Å²) in [7, 11) is 0. The fourth-order valence-electron chi connectivity index (χ4n) is 2.87. The number of piperidine rings is 1. The summed E-state index contributed by atoms with van der Waals surface area (Å²) in [6, 6.07) is 0. The Kier molecular flexibility index (Phi) is 6.13. The summed E-state index contributed by atoms with van der Waals surface area (Å²) < 4.78 is 0. The number of nitrogens with one attached hydrogen (secondary N) is 2. The van der Waals surface area contributed by atoms with Gasteiger partial charge in [-0.15, -0.1) is 0 Å². The lowest BCUT2D eigenvalue weighted by Gasteiger charge is -2.39. The van der Waals surface area contributed by atoms with Crippen LogP contribution in [0.15, 0.2) is 0 Å². The third-order valence-electron chi connectivity index (χ3n) is 4.98. The minimum atomic E-state index is 0.398. The van der Waals surface area contributed by atoms with Gasteiger partial charge in [0.05, 0.1) is 0 Å². The number of rotatable bonds is 7. The van der Waals surface area contributed by atoms with Crippen LogP contribution >= 0.6 is 0 Å². The van der Waals surface area contributed by atoms with E-state index in [0.717, 1.165) is 12.5 Å². The van der Waals surface area contributed by atoms with Crippen molar-refractivity contribution in [2.75, 3.05) is 26.2 Å². The predicted octanol–water partition coefficient (Wildman–Crippen LogP) is 3.43. The van der Waals surface area contributed by atoms with Crippen molar-refractivity contribution < 1.29 is 0 Å². The largest absolute Gasteiger partial charge is 0.316 e. The highest BCUT2D eigenvalue weighted by molar-refractivity contribution is 4.88. The zero-order chi connectivity index (χ0) is 13.6. The third kappa shape index (κ3) is 4.55. The van der Waals surface area contributed by atoms with E-state index in [1.807, 2.05) is 0 Å². The lowest BCUT2D eigenvalue weighted by Crippen LogP contribution is -2.48. The molecule has 1 atom stereocenters. The first-order valence-corrected chi connectivity index (χ1v) is 7.83. The topological polar surface area (TPSA) is 24.1 Å². The molecule has 0 radical (unpaired) electrons. The third-order valence-corrected chi connectivity index (χ3v) is 4.98. The van der Waals surface area contributed by atoms with Gasteiger partial charge in [0.15, 0.2) is 0 Å². The Morgan fingerprint density at radius 1 is 1.33 bits per heavy atom. The van der Waals surface area contributed by atoms with E-state index in [2.05, 4.69) is 45.3 Å². The Labute approximate surface area is 114 Å². The van der Waals surface area contributed by atoms with E-state index in [1.54, 1.807) is 0 Å². The second kappa shape index (κ2) is 6.91. The molecule has 0 aliphatic carbocycles. The van der Waals surface area contributed by atoms with Crippen LogP contribution in [0, 0.1) is 16.7 Å². The molecule has 2 N–H and O–H groups in total. The van der Waals surface area contributed by atoms with Crippen molar-refractivity contribution in [3.05, 3.63) is 0 Å². The summed E-state index contributed by atoms with van der Waals surface area (Å²) in [6.07, 6.45) is 5.39. The molecule has 1 aliphatic rings. The molecule has 1 fully saturated rings. The molecular formula is C16H34N2. The average molecular weight is 254 g/mol. The van der Waals surface area contributed by atoms with Crippen molar-refractivity contribution in [2.24, 2.45) is 16.7 Å². The molecule has 1 unspecified atom stereocenters. The minimum absolute atomic E-state index is 0.398. The van der Waals surface area contributed by atoms with Crippen molar-refractivity contribution >= 4 is 0 Å². The molecule has 2 heteroatoms. The fourth-order valence-corrected chi connectivity index (χ4v) is 2.87. The van der Waals surface area contributed by atoms with E-state index in [0.29, 0.717) is 10.8 Å². The van der Waals surface area contributed by atoms with Crippen LogP contribution in [0.5, 0.6) is 0 Å². The molecule has 1 rings (SSSR count). The quantitative estimate of drug-likeness (QED) is 0.727. The minimum Gasteiger partial charge on any atom is -0.316 e. The summed E-state index contributed by atoms with van der Waals surface area (Å²) in [5, 5.41) is 7.35. The van der Waals surface area contributed by atoms with Crippen LogP contribution in [-0.4, -0.2) is 26.2 Å². The van der Waals surface area contributed by atoms with Crippen LogP contribution < -0.4 is 10.6 Å². The smallest absolute Gasteiger partial charge is 0.00202 e. The molecule has 0 aromatic rings. The molecule has 0 saturated carbocycles. The molecule has 0 aromatic heterocycles. The van der Waals surface area contributed by atoms with E-state index in [9.17, 15) is 0 Å². The molecule has 108 valence electrons. The Morgan fingerprint density at radius 2 is 2.06 bits per heavy atom. The molecule has 1 aliphatic heterocycles. The average Bonchev–Trinajstić information content (AvgIpc) is 2.30. The van der Waals surface area contributed by atoms with Crippen molar-refractivity contribution in [1.82, 2.24) is 10.6 Å². The van der Waals surface area contributed by atoms with Gasteiger partial charge in [-0.3, -0.25) is 0 Å². The number of hydrogen-bond donors (Lipinski definition) is 2. The van der Waals surface area contributed by atoms with Crippen LogP contribution in [0.4, 0.5) is 0 Å². The SMILES string of the molecule is CCCC1(CNCC(C)(C)C(C)C)CCCNC1. The maximum absolute atomic E-state index is 3.76. The Morgan fingerprint density at radius 3 is 2.56 bits per heavy atom. The Hall–Kier alpha value is -0.0800. The van der Waals surface area contributed by atoms with Gasteiger partial charge in [0.25, 0.3) is 0 Å². The molecule has 1 heterocycles. The highest BCUT2D eigenvalue weighted by Crippen LogP contribution is 2.31. The van der Waals surface area contributed by atoms with Gasteiger partial charge in [-0.2, -0.15) is 0 Å². The molecule has 2 nitrogen and oxygen atoms in total. The molecule has 0 spiro atoms. The van der Waals surface area contributed by atoms with Crippen molar-refractivity contribution in [1.29, 1.82) is 0 Å². The summed E-state index contributed by atoms with van der Waals surface area (Å²) in [4.78, 5) is 0. The molecule has 0 bridgehead atoms. The van der Waals surface area contributed by atoms with Gasteiger partial charge in [-0.25, -0.2) is 0 Å². The Bertz CT molecular complexity index is 222. The van der Waals surface area contributed by atoms with Gasteiger partial charge in [0.1, 0.15) is 0 Å². The summed E-state index contributed by atoms with van der Waals surface area (Å²) in [5.41, 5.74) is 0.912. The van der Waals surface area contributed by atoms with Crippen LogP contribution in [0.1, 0.15) is 60.3 Å². The summed E-state index contributed by atoms with van der Waals surface area (Å²) in [5.74, 6) is 0.733. The van der Waals surface area contributed by atoms with Gasteiger partial charge in [0.2, 0.25) is 0 Å². The van der Waals surface area contributed by atoms with Gasteiger partial charge in [-0.1, -0.05) is 41.0 Å². The first-order chi connectivity index (χ1) is 8.42. The van der Waals surface area contributed by atoms with Crippen LogP contribution in [0.25, 0.3) is 0 Å². The summed E-state index contributed by atoms with van der Waals surface area (Å²) >= 11 is 0. The highest BCUT2D eigenvalue weighted by Gasteiger charge is 2.31. The lowest BCUT2D eigenvalue weighted by atomic mass is 9.76. The fraction of sp³-hybridized carbons (Fsp3) is 1.00. The van der Waals surface area contributed by atoms with Gasteiger partial charge in [-0.05, 0) is 42.6 Å². The van der Waals surface area contributed by atoms with E-state index in [4.69, 9.17) is 0 Å². The highest BCUT2D eigenvalue weighted by atomic mass is 14.9. The zero-order valence-electron chi connectivity index (χ0n) is 13.2. The second-order valence-electron chi connectivity index (χ2n) is 7.28. The van der Waals surface area contributed by atoms with Crippen LogP contribution in [0.2, 0.25) is 0 Å². The molecule has 0 amide bonds. The Balaban J connectivity index is 2.43. The standard InChI is InChI=1S/C16H34N2/c1-6-8-16(9-7-10-17-12-16)13-18-11-15(4,5)14(2)3/h14,17-18H,6-13H2,1-5H3. The van der Waals surface area contributed by atoms with Crippen molar-refractivity contribution in [3.8, 4) is 0 Å². The zero-order valence-corrected chi connectivity index (χ0v) is 13.2. The second-order valence-corrected chi connectivity index (χ2v) is 7.28. The first-order valence-electron chi connectivity index (χ1n) is 7.83. The van der Waals surface area contributed by atoms with Crippen LogP contribution in [0.3, 0.4) is 0 Å². The van der Waals surface area contributed by atoms with Gasteiger partial charge < -0.3 is 10.6 Å². The van der Waals surface area contributed by atoms with E-state index in [-0.39, 0.29) is 0 Å². The molecule has 18 heavy (non-hydrogen) atoms. The first kappa shape index (κ1) is 16.0. The lowest BCUT2D eigenvalue weighted by molar-refractivity contribution is 0.163. The van der Waals surface area contributed by atoms with Gasteiger partial charge in [0, 0.05) is 19.6 Å². The van der Waals surface area contributed by atoms with Gasteiger partial charge >= 0.3 is 0 Å². The van der Waals surface area contributed by atoms with Crippen LogP contribution in [-0.2, 0) is 0 Å².